The quantitative estimate of drug-likeness (QED) is 0.545. The molecule has 2 aromatic rings. The molecule has 0 saturated carbocycles. The van der Waals surface area contributed by atoms with Crippen LogP contribution in [0.15, 0.2) is 18.2 Å². The molecule has 1 aromatic carbocycles. The Labute approximate surface area is 184 Å². The summed E-state index contributed by atoms with van der Waals surface area (Å²) in [6.45, 7) is 3.39. The summed E-state index contributed by atoms with van der Waals surface area (Å²) in [5.41, 5.74) is 1.26. The number of nitrogens with one attached hydrogen (secondary N) is 1. The molecule has 0 bridgehead atoms. The van der Waals surface area contributed by atoms with Crippen molar-refractivity contribution >= 4 is 23.7 Å². The normalized spacial score (nSPS) is 18.6. The van der Waals surface area contributed by atoms with Crippen LogP contribution in [0.1, 0.15) is 35.2 Å². The second-order valence-corrected chi connectivity index (χ2v) is 8.20. The van der Waals surface area contributed by atoms with Crippen LogP contribution in [0.4, 0.5) is 19.0 Å². The fourth-order valence-corrected chi connectivity index (χ4v) is 3.88. The fraction of sp³-hybridized carbons (Fsp3) is 0.476. The molecule has 2 aliphatic rings. The highest BCUT2D eigenvalue weighted by molar-refractivity contribution is 6.28. The van der Waals surface area contributed by atoms with E-state index in [2.05, 4.69) is 20.2 Å². The van der Waals surface area contributed by atoms with E-state index < -0.39 is 17.8 Å². The number of benzene rings is 1. The van der Waals surface area contributed by atoms with Crippen molar-refractivity contribution < 1.29 is 18.0 Å². The number of fused-ring (bicyclic) bond motifs is 1. The summed E-state index contributed by atoms with van der Waals surface area (Å²) in [4.78, 5) is 22.6. The number of carbonyl (C=O) groups is 1. The maximum absolute atomic E-state index is 14.1. The van der Waals surface area contributed by atoms with Crippen LogP contribution in [0.2, 0.25) is 5.28 Å². The summed E-state index contributed by atoms with van der Waals surface area (Å²) in [6.07, 6.45) is -0.731. The van der Waals surface area contributed by atoms with Gasteiger partial charge in [-0.3, -0.25) is 4.90 Å². The zero-order valence-corrected chi connectivity index (χ0v) is 18.2. The lowest BCUT2D eigenvalue weighted by Gasteiger charge is -2.12. The van der Waals surface area contributed by atoms with Crippen LogP contribution in [0.3, 0.4) is 0 Å². The molecule has 0 radical (unpaired) electrons. The smallest absolute Gasteiger partial charge is 0.266 e. The SMILES string of the molecule is CN1CCC(C=O)C1.CN1Cc2nc(Cl)nc(NCc3cccc(C(F)F)c3F)c2C1. The Morgan fingerprint density at radius 1 is 1.26 bits per heavy atom. The number of alkyl halides is 2. The number of aromatic nitrogens is 2. The third kappa shape index (κ3) is 5.93. The van der Waals surface area contributed by atoms with Crippen molar-refractivity contribution in [3.8, 4) is 0 Å². The first-order chi connectivity index (χ1) is 14.8. The van der Waals surface area contributed by atoms with E-state index in [1.807, 2.05) is 19.0 Å². The molecular formula is C21H25ClF3N5O. The lowest BCUT2D eigenvalue weighted by Crippen LogP contribution is -2.14. The van der Waals surface area contributed by atoms with E-state index in [1.165, 1.54) is 12.1 Å². The summed E-state index contributed by atoms with van der Waals surface area (Å²) in [5.74, 6) is -0.0740. The van der Waals surface area contributed by atoms with Crippen molar-refractivity contribution in [3.05, 3.63) is 51.7 Å². The predicted octanol–water partition coefficient (Wildman–Crippen LogP) is 3.90. The molecule has 168 valence electrons. The molecule has 10 heteroatoms. The van der Waals surface area contributed by atoms with E-state index in [9.17, 15) is 18.0 Å². The molecule has 1 aromatic heterocycles. The van der Waals surface area contributed by atoms with Crippen LogP contribution in [-0.4, -0.2) is 53.2 Å². The maximum atomic E-state index is 14.1. The number of carbonyl (C=O) groups excluding carboxylic acids is 1. The minimum atomic E-state index is -2.85. The molecule has 6 nitrogen and oxygen atoms in total. The van der Waals surface area contributed by atoms with Crippen LogP contribution in [-0.2, 0) is 24.4 Å². The Bertz CT molecular complexity index is 930. The van der Waals surface area contributed by atoms with E-state index >= 15 is 0 Å². The highest BCUT2D eigenvalue weighted by Gasteiger charge is 2.23. The average Bonchev–Trinajstić information content (AvgIpc) is 3.31. The standard InChI is InChI=1S/C15H14ClF3N4.C6H11NO/c1-23-6-10-11(7-23)21-15(16)22-14(10)20-5-8-3-2-4-9(12(8)17)13(18)19;1-7-3-2-6(4-7)5-8/h2-4,13H,5-7H2,1H3,(H,20,21,22);5-6H,2-4H2,1H3. The number of hydrogen-bond donors (Lipinski definition) is 1. The van der Waals surface area contributed by atoms with Gasteiger partial charge in [0, 0.05) is 43.2 Å². The molecule has 2 aliphatic heterocycles. The first-order valence-corrected chi connectivity index (χ1v) is 10.3. The van der Waals surface area contributed by atoms with Gasteiger partial charge < -0.3 is 15.0 Å². The molecule has 4 rings (SSSR count). The van der Waals surface area contributed by atoms with Crippen molar-refractivity contribution in [1.82, 2.24) is 19.8 Å². The first kappa shape index (κ1) is 23.4. The maximum Gasteiger partial charge on any atom is 0.266 e. The second-order valence-electron chi connectivity index (χ2n) is 7.86. The van der Waals surface area contributed by atoms with Gasteiger partial charge in [-0.1, -0.05) is 18.2 Å². The lowest BCUT2D eigenvalue weighted by molar-refractivity contribution is -0.110. The number of rotatable bonds is 5. The Hall–Kier alpha value is -2.23. The van der Waals surface area contributed by atoms with E-state index in [4.69, 9.17) is 11.6 Å². The Kier molecular flexibility index (Phi) is 7.85. The van der Waals surface area contributed by atoms with Gasteiger partial charge >= 0.3 is 0 Å². The van der Waals surface area contributed by atoms with Crippen molar-refractivity contribution in [2.45, 2.75) is 32.5 Å². The predicted molar refractivity (Wildman–Crippen MR) is 113 cm³/mol. The summed E-state index contributed by atoms with van der Waals surface area (Å²) in [5, 5.41) is 3.08. The molecule has 3 heterocycles. The monoisotopic (exact) mass is 455 g/mol. The zero-order chi connectivity index (χ0) is 22.5. The van der Waals surface area contributed by atoms with Gasteiger partial charge in [0.2, 0.25) is 5.28 Å². The number of likely N-dealkylation sites (tertiary alicyclic amines) is 1. The van der Waals surface area contributed by atoms with Crippen molar-refractivity contribution in [1.29, 1.82) is 0 Å². The molecule has 0 amide bonds. The zero-order valence-electron chi connectivity index (χ0n) is 17.4. The summed E-state index contributed by atoms with van der Waals surface area (Å²) >= 11 is 5.90. The Morgan fingerprint density at radius 3 is 2.65 bits per heavy atom. The molecule has 1 fully saturated rings. The van der Waals surface area contributed by atoms with E-state index in [0.717, 1.165) is 43.1 Å². The van der Waals surface area contributed by atoms with Gasteiger partial charge in [-0.2, -0.15) is 0 Å². The van der Waals surface area contributed by atoms with Crippen molar-refractivity contribution in [2.24, 2.45) is 5.92 Å². The fourth-order valence-electron chi connectivity index (χ4n) is 3.69. The number of halogens is 4. The molecule has 1 atom stereocenters. The van der Waals surface area contributed by atoms with E-state index in [1.54, 1.807) is 0 Å². The van der Waals surface area contributed by atoms with Gasteiger partial charge in [0.15, 0.2) is 0 Å². The molecule has 0 aliphatic carbocycles. The van der Waals surface area contributed by atoms with Crippen LogP contribution >= 0.6 is 11.6 Å². The van der Waals surface area contributed by atoms with Crippen LogP contribution < -0.4 is 5.32 Å². The average molecular weight is 456 g/mol. The molecule has 1 N–H and O–H groups in total. The Balaban J connectivity index is 0.000000287. The number of nitrogens with zero attached hydrogens (tertiary/aromatic N) is 4. The summed E-state index contributed by atoms with van der Waals surface area (Å²) in [7, 11) is 3.98. The van der Waals surface area contributed by atoms with Crippen molar-refractivity contribution in [3.63, 3.8) is 0 Å². The van der Waals surface area contributed by atoms with Gasteiger partial charge in [-0.15, -0.1) is 0 Å². The molecule has 31 heavy (non-hydrogen) atoms. The lowest BCUT2D eigenvalue weighted by atomic mass is 10.1. The summed E-state index contributed by atoms with van der Waals surface area (Å²) < 4.78 is 39.5. The molecule has 1 saturated heterocycles. The van der Waals surface area contributed by atoms with Gasteiger partial charge in [0.25, 0.3) is 6.43 Å². The highest BCUT2D eigenvalue weighted by atomic mass is 35.5. The molecule has 1 unspecified atom stereocenters. The summed E-state index contributed by atoms with van der Waals surface area (Å²) in [6, 6.07) is 3.95. The third-order valence-corrected chi connectivity index (χ3v) is 5.49. The van der Waals surface area contributed by atoms with E-state index in [0.29, 0.717) is 24.8 Å². The second kappa shape index (κ2) is 10.4. The Morgan fingerprint density at radius 2 is 2.03 bits per heavy atom. The van der Waals surface area contributed by atoms with Gasteiger partial charge in [-0.05, 0) is 38.7 Å². The van der Waals surface area contributed by atoms with Gasteiger partial charge in [0.1, 0.15) is 17.9 Å². The third-order valence-electron chi connectivity index (χ3n) is 5.32. The number of aldehydes is 1. The van der Waals surface area contributed by atoms with Crippen molar-refractivity contribution in [2.75, 3.05) is 32.5 Å². The van der Waals surface area contributed by atoms with Gasteiger partial charge in [0.05, 0.1) is 11.3 Å². The topological polar surface area (TPSA) is 61.4 Å². The molecule has 0 spiro atoms. The highest BCUT2D eigenvalue weighted by Crippen LogP contribution is 2.28. The van der Waals surface area contributed by atoms with Crippen LogP contribution in [0.25, 0.3) is 0 Å². The van der Waals surface area contributed by atoms with Gasteiger partial charge in [-0.25, -0.2) is 23.1 Å². The number of anilines is 1. The van der Waals surface area contributed by atoms with Crippen LogP contribution in [0.5, 0.6) is 0 Å². The first-order valence-electron chi connectivity index (χ1n) is 9.95. The molecular weight excluding hydrogens is 431 g/mol. The minimum Gasteiger partial charge on any atom is -0.365 e. The minimum absolute atomic E-state index is 0.0376. The van der Waals surface area contributed by atoms with Crippen LogP contribution in [0, 0.1) is 11.7 Å². The van der Waals surface area contributed by atoms with E-state index in [-0.39, 0.29) is 17.4 Å². The number of hydrogen-bond acceptors (Lipinski definition) is 6. The largest absolute Gasteiger partial charge is 0.365 e.